The van der Waals surface area contributed by atoms with Gasteiger partial charge in [-0.15, -0.1) is 0 Å². The smallest absolute Gasteiger partial charge is 0.244 e. The first-order valence-electron chi connectivity index (χ1n) is 9.05. The summed E-state index contributed by atoms with van der Waals surface area (Å²) < 4.78 is 0. The Balaban J connectivity index is 2.14. The molecule has 1 heterocycles. The minimum atomic E-state index is -0.307. The second kappa shape index (κ2) is 9.16. The Labute approximate surface area is 145 Å². The summed E-state index contributed by atoms with van der Waals surface area (Å²) in [4.78, 5) is 19.6. The fourth-order valence-electron chi connectivity index (χ4n) is 3.43. The van der Waals surface area contributed by atoms with Crippen molar-refractivity contribution in [3.63, 3.8) is 0 Å². The molecule has 5 heteroatoms. The maximum absolute atomic E-state index is 13.1. The van der Waals surface area contributed by atoms with Gasteiger partial charge in [-0.3, -0.25) is 14.6 Å². The van der Waals surface area contributed by atoms with Crippen molar-refractivity contribution in [2.24, 2.45) is 0 Å². The molecule has 1 aliphatic rings. The molecule has 0 saturated carbocycles. The number of nitrogens with zero attached hydrogens (tertiary/aromatic N) is 3. The van der Waals surface area contributed by atoms with Crippen molar-refractivity contribution in [1.82, 2.24) is 14.7 Å². The summed E-state index contributed by atoms with van der Waals surface area (Å²) in [5.41, 5.74) is 1.07. The molecule has 1 fully saturated rings. The van der Waals surface area contributed by atoms with E-state index in [-0.39, 0.29) is 18.1 Å². The third-order valence-corrected chi connectivity index (χ3v) is 4.72. The summed E-state index contributed by atoms with van der Waals surface area (Å²) in [5.74, 6) is 0.190. The van der Waals surface area contributed by atoms with Gasteiger partial charge in [-0.05, 0) is 26.3 Å². The van der Waals surface area contributed by atoms with Crippen LogP contribution in [0.15, 0.2) is 30.3 Å². The van der Waals surface area contributed by atoms with Crippen LogP contribution in [0.25, 0.3) is 0 Å². The summed E-state index contributed by atoms with van der Waals surface area (Å²) in [6, 6.07) is 9.88. The van der Waals surface area contributed by atoms with Crippen LogP contribution in [-0.2, 0) is 4.79 Å². The Hall–Kier alpha value is -1.43. The summed E-state index contributed by atoms with van der Waals surface area (Å²) in [7, 11) is 0. The lowest BCUT2D eigenvalue weighted by Crippen LogP contribution is -2.52. The highest BCUT2D eigenvalue weighted by atomic mass is 16.3. The van der Waals surface area contributed by atoms with E-state index in [2.05, 4.69) is 9.80 Å². The lowest BCUT2D eigenvalue weighted by Gasteiger charge is -2.40. The van der Waals surface area contributed by atoms with Crippen molar-refractivity contribution in [2.75, 3.05) is 45.8 Å². The molecule has 134 valence electrons. The van der Waals surface area contributed by atoms with E-state index in [9.17, 15) is 9.90 Å². The van der Waals surface area contributed by atoms with Crippen molar-refractivity contribution in [3.05, 3.63) is 35.9 Å². The van der Waals surface area contributed by atoms with E-state index in [0.717, 1.165) is 44.8 Å². The van der Waals surface area contributed by atoms with Crippen LogP contribution in [0.4, 0.5) is 0 Å². The van der Waals surface area contributed by atoms with Gasteiger partial charge in [-0.1, -0.05) is 30.3 Å². The zero-order valence-corrected chi connectivity index (χ0v) is 15.2. The summed E-state index contributed by atoms with van der Waals surface area (Å²) >= 11 is 0. The standard InChI is InChI=1S/C19H31N3O2/c1-4-21(5-2)19(24)18(17-9-7-6-8-10-17)22-13-11-20(12-14-22)15-16(3)23/h6-10,16,18,23H,4-5,11-15H2,1-3H3/t16-,18+/m1/s1. The van der Waals surface area contributed by atoms with Crippen molar-refractivity contribution in [2.45, 2.75) is 32.9 Å². The Bertz CT molecular complexity index is 495. The number of amides is 1. The molecule has 1 amide bonds. The number of rotatable bonds is 7. The van der Waals surface area contributed by atoms with Crippen LogP contribution in [0.3, 0.4) is 0 Å². The molecular weight excluding hydrogens is 302 g/mol. The number of piperazine rings is 1. The third kappa shape index (κ3) is 4.79. The molecule has 0 aliphatic carbocycles. The number of carbonyl (C=O) groups is 1. The number of aliphatic hydroxyl groups excluding tert-OH is 1. The van der Waals surface area contributed by atoms with E-state index >= 15 is 0 Å². The molecule has 0 unspecified atom stereocenters. The highest BCUT2D eigenvalue weighted by Gasteiger charge is 2.32. The number of benzene rings is 1. The molecule has 1 saturated heterocycles. The van der Waals surface area contributed by atoms with Gasteiger partial charge in [0.1, 0.15) is 6.04 Å². The van der Waals surface area contributed by atoms with Gasteiger partial charge in [0.2, 0.25) is 5.91 Å². The first-order valence-corrected chi connectivity index (χ1v) is 9.05. The van der Waals surface area contributed by atoms with Crippen molar-refractivity contribution < 1.29 is 9.90 Å². The van der Waals surface area contributed by atoms with Crippen LogP contribution in [0.2, 0.25) is 0 Å². The second-order valence-electron chi connectivity index (χ2n) is 6.51. The minimum Gasteiger partial charge on any atom is -0.392 e. The molecule has 1 aromatic rings. The van der Waals surface area contributed by atoms with E-state index in [1.807, 2.05) is 56.0 Å². The molecule has 0 bridgehead atoms. The highest BCUT2D eigenvalue weighted by molar-refractivity contribution is 5.83. The van der Waals surface area contributed by atoms with Crippen LogP contribution < -0.4 is 0 Å². The molecule has 0 aromatic heterocycles. The number of hydrogen-bond acceptors (Lipinski definition) is 4. The Morgan fingerprint density at radius 1 is 1.12 bits per heavy atom. The molecule has 0 radical (unpaired) electrons. The monoisotopic (exact) mass is 333 g/mol. The Morgan fingerprint density at radius 3 is 2.21 bits per heavy atom. The van der Waals surface area contributed by atoms with E-state index in [0.29, 0.717) is 6.54 Å². The summed E-state index contributed by atoms with van der Waals surface area (Å²) in [6.07, 6.45) is -0.307. The lowest BCUT2D eigenvalue weighted by atomic mass is 10.0. The summed E-state index contributed by atoms with van der Waals surface area (Å²) in [6.45, 7) is 11.5. The highest BCUT2D eigenvalue weighted by Crippen LogP contribution is 2.24. The second-order valence-corrected chi connectivity index (χ2v) is 6.51. The van der Waals surface area contributed by atoms with Crippen LogP contribution in [0.1, 0.15) is 32.4 Å². The Kier molecular flexibility index (Phi) is 7.21. The Morgan fingerprint density at radius 2 is 1.71 bits per heavy atom. The lowest BCUT2D eigenvalue weighted by molar-refractivity contribution is -0.137. The topological polar surface area (TPSA) is 47.0 Å². The molecule has 1 aromatic carbocycles. The van der Waals surface area contributed by atoms with E-state index in [1.165, 1.54) is 0 Å². The van der Waals surface area contributed by atoms with Gasteiger partial charge in [0, 0.05) is 45.8 Å². The molecule has 5 nitrogen and oxygen atoms in total. The van der Waals surface area contributed by atoms with Gasteiger partial charge in [0.05, 0.1) is 6.10 Å². The molecular formula is C19H31N3O2. The normalized spacial score (nSPS) is 19.0. The van der Waals surface area contributed by atoms with Crippen LogP contribution in [0.5, 0.6) is 0 Å². The number of β-amino-alcohol motifs (C(OH)–C–C–N with tert-alkyl or cyclic N) is 1. The molecule has 2 atom stereocenters. The van der Waals surface area contributed by atoms with Gasteiger partial charge in [-0.25, -0.2) is 0 Å². The van der Waals surface area contributed by atoms with Gasteiger partial charge in [0.25, 0.3) is 0 Å². The molecule has 24 heavy (non-hydrogen) atoms. The predicted octanol–water partition coefficient (Wildman–Crippen LogP) is 1.59. The van der Waals surface area contributed by atoms with Gasteiger partial charge in [-0.2, -0.15) is 0 Å². The van der Waals surface area contributed by atoms with Crippen LogP contribution >= 0.6 is 0 Å². The number of aliphatic hydroxyl groups is 1. The van der Waals surface area contributed by atoms with Crippen molar-refractivity contribution in [3.8, 4) is 0 Å². The third-order valence-electron chi connectivity index (χ3n) is 4.72. The van der Waals surface area contributed by atoms with E-state index in [1.54, 1.807) is 0 Å². The fraction of sp³-hybridized carbons (Fsp3) is 0.632. The van der Waals surface area contributed by atoms with Crippen LogP contribution in [0, 0.1) is 0 Å². The zero-order valence-electron chi connectivity index (χ0n) is 15.2. The van der Waals surface area contributed by atoms with Gasteiger partial charge < -0.3 is 10.0 Å². The first-order chi connectivity index (χ1) is 11.6. The average Bonchev–Trinajstić information content (AvgIpc) is 2.58. The largest absolute Gasteiger partial charge is 0.392 e. The van der Waals surface area contributed by atoms with E-state index in [4.69, 9.17) is 0 Å². The maximum atomic E-state index is 13.1. The molecule has 1 aliphatic heterocycles. The van der Waals surface area contributed by atoms with Crippen LogP contribution in [-0.4, -0.2) is 77.6 Å². The summed E-state index contributed by atoms with van der Waals surface area (Å²) in [5, 5.41) is 9.57. The fourth-order valence-corrected chi connectivity index (χ4v) is 3.43. The molecule has 0 spiro atoms. The zero-order chi connectivity index (χ0) is 17.5. The van der Waals surface area contributed by atoms with Crippen molar-refractivity contribution in [1.29, 1.82) is 0 Å². The molecule has 1 N–H and O–H groups in total. The first kappa shape index (κ1) is 18.9. The quantitative estimate of drug-likeness (QED) is 0.823. The number of carbonyl (C=O) groups excluding carboxylic acids is 1. The minimum absolute atomic E-state index is 0.190. The number of likely N-dealkylation sites (N-methyl/N-ethyl adjacent to an activating group) is 1. The molecule has 2 rings (SSSR count). The average molecular weight is 333 g/mol. The number of hydrogen-bond donors (Lipinski definition) is 1. The van der Waals surface area contributed by atoms with Crippen molar-refractivity contribution >= 4 is 5.91 Å². The van der Waals surface area contributed by atoms with Gasteiger partial charge >= 0.3 is 0 Å². The maximum Gasteiger partial charge on any atom is 0.244 e. The SMILES string of the molecule is CCN(CC)C(=O)[C@H](c1ccccc1)N1CCN(C[C@@H](C)O)CC1. The predicted molar refractivity (Wildman–Crippen MR) is 96.8 cm³/mol. The van der Waals surface area contributed by atoms with E-state index < -0.39 is 0 Å². The van der Waals surface area contributed by atoms with Gasteiger partial charge in [0.15, 0.2) is 0 Å².